The summed E-state index contributed by atoms with van der Waals surface area (Å²) in [4.78, 5) is 27.8. The van der Waals surface area contributed by atoms with Gasteiger partial charge < -0.3 is 10.2 Å². The van der Waals surface area contributed by atoms with Crippen molar-refractivity contribution in [1.29, 1.82) is 0 Å². The predicted octanol–water partition coefficient (Wildman–Crippen LogP) is 6.57. The Morgan fingerprint density at radius 3 is 2.22 bits per heavy atom. The number of hydrogen-bond donors (Lipinski definition) is 1. The number of likely N-dealkylation sites (tertiary alicyclic amines) is 1. The number of aryl methyl sites for hydroxylation is 1. The number of ketones is 1. The summed E-state index contributed by atoms with van der Waals surface area (Å²) in [7, 11) is 2.79. The van der Waals surface area contributed by atoms with Gasteiger partial charge in [-0.25, -0.2) is 0 Å². The first-order valence-corrected chi connectivity index (χ1v) is 15.2. The fourth-order valence-corrected chi connectivity index (χ4v) is 5.49. The summed E-state index contributed by atoms with van der Waals surface area (Å²) in [6.07, 6.45) is 10.3. The molecule has 2 aromatic carbocycles. The second kappa shape index (κ2) is 16.0. The Hall–Kier alpha value is -2.03. The molecule has 3 atom stereocenters. The molecule has 1 heterocycles. The predicted molar refractivity (Wildman–Crippen MR) is 159 cm³/mol. The molecule has 202 valence electrons. The van der Waals surface area contributed by atoms with E-state index >= 15 is 0 Å². The second-order valence-corrected chi connectivity index (χ2v) is 11.3. The molecule has 0 spiro atoms. The number of carbonyl (C=O) groups is 2. The van der Waals surface area contributed by atoms with E-state index in [2.05, 4.69) is 69.7 Å². The molecule has 4 nitrogen and oxygen atoms in total. The van der Waals surface area contributed by atoms with E-state index < -0.39 is 0 Å². The first-order chi connectivity index (χ1) is 18.0. The highest BCUT2D eigenvalue weighted by atomic mass is 31.0. The number of unbranched alkanes of at least 4 members (excludes halogenated alkanes) is 2. The van der Waals surface area contributed by atoms with Gasteiger partial charge in [0, 0.05) is 31.0 Å². The molecule has 2 aromatic rings. The fraction of sp³-hybridized carbons (Fsp3) is 0.562. The Balaban J connectivity index is 1.40. The van der Waals surface area contributed by atoms with Gasteiger partial charge in [0.1, 0.15) is 0 Å². The molecule has 0 radical (unpaired) electrons. The normalized spacial score (nSPS) is 15.4. The molecule has 3 rings (SSSR count). The highest BCUT2D eigenvalue weighted by molar-refractivity contribution is 7.16. The van der Waals surface area contributed by atoms with Crippen molar-refractivity contribution in [2.24, 2.45) is 0 Å². The van der Waals surface area contributed by atoms with Crippen molar-refractivity contribution in [3.63, 3.8) is 0 Å². The van der Waals surface area contributed by atoms with Crippen LogP contribution in [0.5, 0.6) is 0 Å². The average Bonchev–Trinajstić information content (AvgIpc) is 3.42. The maximum absolute atomic E-state index is 12.8. The van der Waals surface area contributed by atoms with Gasteiger partial charge in [0.05, 0.1) is 0 Å². The molecule has 1 amide bonds. The number of nitrogens with one attached hydrogen (secondary N) is 1. The van der Waals surface area contributed by atoms with E-state index in [0.29, 0.717) is 18.8 Å². The summed E-state index contributed by atoms with van der Waals surface area (Å²) in [5, 5.41) is 3.33. The SMILES string of the molecule is CCC(C)c1ccc(C(=O)CCCCCC(=O)NC(Cc2ccc(CCP)cc2)CN2CCCC2)cc1. The van der Waals surface area contributed by atoms with E-state index in [-0.39, 0.29) is 17.7 Å². The third-order valence-corrected chi connectivity index (χ3v) is 7.99. The van der Waals surface area contributed by atoms with Crippen molar-refractivity contribution in [1.82, 2.24) is 10.2 Å². The minimum absolute atomic E-state index is 0.135. The fourth-order valence-electron chi connectivity index (χ4n) is 5.16. The molecule has 1 N–H and O–H groups in total. The van der Waals surface area contributed by atoms with Crippen LogP contribution in [0.25, 0.3) is 0 Å². The summed E-state index contributed by atoms with van der Waals surface area (Å²) >= 11 is 0. The van der Waals surface area contributed by atoms with Gasteiger partial charge in [-0.1, -0.05) is 68.8 Å². The molecule has 3 unspecified atom stereocenters. The number of Topliss-reactive ketones (excluding diaryl/α,β-unsaturated/α-hetero) is 1. The van der Waals surface area contributed by atoms with Crippen LogP contribution in [0.3, 0.4) is 0 Å². The zero-order valence-corrected chi connectivity index (χ0v) is 24.2. The smallest absolute Gasteiger partial charge is 0.220 e. The summed E-state index contributed by atoms with van der Waals surface area (Å²) in [5.74, 6) is 0.862. The first kappa shape index (κ1) is 29.5. The van der Waals surface area contributed by atoms with Crippen LogP contribution in [-0.2, 0) is 17.6 Å². The summed E-state index contributed by atoms with van der Waals surface area (Å²) < 4.78 is 0. The Kier molecular flexibility index (Phi) is 12.8. The van der Waals surface area contributed by atoms with E-state index in [1.54, 1.807) is 0 Å². The molecule has 1 saturated heterocycles. The number of rotatable bonds is 16. The standard InChI is InChI=1S/C32H47N2O2P/c1-3-25(2)28-15-17-29(18-16-28)31(35)9-5-4-6-10-32(36)33-30(24-34-20-7-8-21-34)23-27-13-11-26(12-14-27)19-22-37/h11-18,25,30H,3-10,19-24,37H2,1-2H3,(H,33,36). The van der Waals surface area contributed by atoms with Crippen molar-refractivity contribution < 1.29 is 9.59 Å². The van der Waals surface area contributed by atoms with Gasteiger partial charge in [-0.15, -0.1) is 9.24 Å². The molecule has 0 aliphatic carbocycles. The van der Waals surface area contributed by atoms with Gasteiger partial charge in [-0.3, -0.25) is 9.59 Å². The Labute approximate surface area is 227 Å². The van der Waals surface area contributed by atoms with Crippen LogP contribution in [0.1, 0.15) is 98.2 Å². The lowest BCUT2D eigenvalue weighted by atomic mass is 9.96. The first-order valence-electron chi connectivity index (χ1n) is 14.4. The third-order valence-electron chi connectivity index (χ3n) is 7.70. The van der Waals surface area contributed by atoms with Crippen LogP contribution in [0.15, 0.2) is 48.5 Å². The van der Waals surface area contributed by atoms with Crippen molar-refractivity contribution in [2.45, 2.75) is 90.0 Å². The van der Waals surface area contributed by atoms with Crippen LogP contribution in [0, 0.1) is 0 Å². The van der Waals surface area contributed by atoms with Crippen LogP contribution >= 0.6 is 9.24 Å². The lowest BCUT2D eigenvalue weighted by molar-refractivity contribution is -0.122. The second-order valence-electron chi connectivity index (χ2n) is 10.7. The number of amides is 1. The molecular weight excluding hydrogens is 475 g/mol. The van der Waals surface area contributed by atoms with Crippen LogP contribution in [0.2, 0.25) is 0 Å². The van der Waals surface area contributed by atoms with Crippen molar-refractivity contribution in [3.8, 4) is 0 Å². The maximum Gasteiger partial charge on any atom is 0.220 e. The zero-order valence-electron chi connectivity index (χ0n) is 23.0. The topological polar surface area (TPSA) is 49.4 Å². The van der Waals surface area contributed by atoms with Gasteiger partial charge in [0.15, 0.2) is 5.78 Å². The van der Waals surface area contributed by atoms with Crippen LogP contribution < -0.4 is 5.32 Å². The molecule has 5 heteroatoms. The third kappa shape index (κ3) is 10.3. The number of nitrogens with zero attached hydrogens (tertiary/aromatic N) is 1. The minimum Gasteiger partial charge on any atom is -0.352 e. The van der Waals surface area contributed by atoms with Crippen molar-refractivity contribution >= 4 is 20.9 Å². The van der Waals surface area contributed by atoms with E-state index in [0.717, 1.165) is 69.9 Å². The number of benzene rings is 2. The van der Waals surface area contributed by atoms with E-state index in [1.165, 1.54) is 29.5 Å². The summed E-state index contributed by atoms with van der Waals surface area (Å²) in [6, 6.07) is 17.1. The molecule has 1 aliphatic heterocycles. The molecule has 0 saturated carbocycles. The Morgan fingerprint density at radius 1 is 0.919 bits per heavy atom. The summed E-state index contributed by atoms with van der Waals surface area (Å²) in [5.41, 5.74) is 4.74. The Morgan fingerprint density at radius 2 is 1.57 bits per heavy atom. The van der Waals surface area contributed by atoms with E-state index in [4.69, 9.17) is 0 Å². The van der Waals surface area contributed by atoms with Gasteiger partial charge in [-0.2, -0.15) is 0 Å². The van der Waals surface area contributed by atoms with E-state index in [1.807, 2.05) is 12.1 Å². The molecule has 1 aliphatic rings. The molecular formula is C32H47N2O2P. The average molecular weight is 523 g/mol. The molecule has 37 heavy (non-hydrogen) atoms. The van der Waals surface area contributed by atoms with Crippen molar-refractivity contribution in [2.75, 3.05) is 25.8 Å². The Bertz CT molecular complexity index is 952. The molecule has 0 bridgehead atoms. The monoisotopic (exact) mass is 522 g/mol. The van der Waals surface area contributed by atoms with Gasteiger partial charge in [0.25, 0.3) is 0 Å². The maximum atomic E-state index is 12.8. The summed E-state index contributed by atoms with van der Waals surface area (Å²) in [6.45, 7) is 7.58. The van der Waals surface area contributed by atoms with Crippen LogP contribution in [0.4, 0.5) is 0 Å². The highest BCUT2D eigenvalue weighted by Crippen LogP contribution is 2.20. The van der Waals surface area contributed by atoms with Crippen LogP contribution in [-0.4, -0.2) is 48.4 Å². The lowest BCUT2D eigenvalue weighted by Crippen LogP contribution is -2.44. The molecule has 1 fully saturated rings. The minimum atomic E-state index is 0.135. The molecule has 0 aromatic heterocycles. The van der Waals surface area contributed by atoms with Gasteiger partial charge in [-0.05, 0) is 86.8 Å². The van der Waals surface area contributed by atoms with Crippen molar-refractivity contribution in [3.05, 3.63) is 70.8 Å². The van der Waals surface area contributed by atoms with E-state index in [9.17, 15) is 9.59 Å². The zero-order chi connectivity index (χ0) is 26.5. The number of carbonyl (C=O) groups excluding carboxylic acids is 2. The quantitative estimate of drug-likeness (QED) is 0.154. The lowest BCUT2D eigenvalue weighted by Gasteiger charge is -2.25. The van der Waals surface area contributed by atoms with Gasteiger partial charge >= 0.3 is 0 Å². The number of hydrogen-bond acceptors (Lipinski definition) is 3. The largest absolute Gasteiger partial charge is 0.352 e. The highest BCUT2D eigenvalue weighted by Gasteiger charge is 2.20. The van der Waals surface area contributed by atoms with Gasteiger partial charge in [0.2, 0.25) is 5.91 Å².